The average Bonchev–Trinajstić information content (AvgIpc) is 2.98. The summed E-state index contributed by atoms with van der Waals surface area (Å²) >= 11 is -0.337. The molecule has 3 aromatic rings. The third-order valence-electron chi connectivity index (χ3n) is 4.57. The monoisotopic (exact) mass is 463 g/mol. The fourth-order valence-electron chi connectivity index (χ4n) is 3.15. The largest absolute Gasteiger partial charge is 0.446 e. The lowest BCUT2D eigenvalue weighted by Crippen LogP contribution is -2.29. The maximum Gasteiger partial charge on any atom is 0.446 e. The van der Waals surface area contributed by atoms with Gasteiger partial charge in [-0.15, -0.1) is 0 Å². The molecule has 1 aliphatic heterocycles. The highest BCUT2D eigenvalue weighted by atomic mass is 32.2. The van der Waals surface area contributed by atoms with Gasteiger partial charge >= 0.3 is 5.51 Å². The first kappa shape index (κ1) is 21.1. The van der Waals surface area contributed by atoms with E-state index in [9.17, 15) is 31.2 Å². The van der Waals surface area contributed by atoms with Gasteiger partial charge in [-0.05, 0) is 72.4 Å². The van der Waals surface area contributed by atoms with Gasteiger partial charge in [0.05, 0.1) is 26.6 Å². The molecule has 0 bridgehead atoms. The zero-order chi connectivity index (χ0) is 22.4. The van der Waals surface area contributed by atoms with Crippen LogP contribution < -0.4 is 4.90 Å². The average molecular weight is 463 g/mol. The van der Waals surface area contributed by atoms with Gasteiger partial charge in [-0.2, -0.15) is 13.2 Å². The highest BCUT2D eigenvalue weighted by Crippen LogP contribution is 2.37. The molecular formula is C21H12F3NO4S2. The number of rotatable bonds is 4. The number of hydrogen-bond acceptors (Lipinski definition) is 5. The van der Waals surface area contributed by atoms with Crippen molar-refractivity contribution in [3.05, 3.63) is 83.9 Å². The van der Waals surface area contributed by atoms with Crippen LogP contribution in [0, 0.1) is 0 Å². The first-order valence-corrected chi connectivity index (χ1v) is 11.1. The molecule has 5 nitrogen and oxygen atoms in total. The van der Waals surface area contributed by atoms with Crippen LogP contribution in [0.3, 0.4) is 0 Å². The van der Waals surface area contributed by atoms with Crippen molar-refractivity contribution in [3.63, 3.8) is 0 Å². The van der Waals surface area contributed by atoms with Gasteiger partial charge in [0.2, 0.25) is 9.84 Å². The predicted octanol–water partition coefficient (Wildman–Crippen LogP) is 4.93. The third kappa shape index (κ3) is 3.96. The van der Waals surface area contributed by atoms with E-state index >= 15 is 0 Å². The van der Waals surface area contributed by atoms with Crippen molar-refractivity contribution in [2.75, 3.05) is 4.90 Å². The maximum absolute atomic E-state index is 12.8. The van der Waals surface area contributed by atoms with E-state index in [4.69, 9.17) is 0 Å². The number of benzene rings is 3. The molecule has 4 rings (SSSR count). The highest BCUT2D eigenvalue weighted by molar-refractivity contribution is 8.00. The minimum atomic E-state index is -4.47. The first-order chi connectivity index (χ1) is 14.6. The van der Waals surface area contributed by atoms with E-state index in [0.29, 0.717) is 0 Å². The molecule has 31 heavy (non-hydrogen) atoms. The Balaban J connectivity index is 1.60. The number of alkyl halides is 3. The van der Waals surface area contributed by atoms with Crippen LogP contribution in [0.5, 0.6) is 0 Å². The van der Waals surface area contributed by atoms with Crippen LogP contribution in [-0.2, 0) is 9.84 Å². The molecule has 2 amide bonds. The lowest BCUT2D eigenvalue weighted by molar-refractivity contribution is -0.0328. The summed E-state index contributed by atoms with van der Waals surface area (Å²) in [5, 5.41) is 0. The van der Waals surface area contributed by atoms with Gasteiger partial charge in [-0.3, -0.25) is 9.59 Å². The van der Waals surface area contributed by atoms with Crippen molar-refractivity contribution in [2.24, 2.45) is 0 Å². The normalized spacial score (nSPS) is 14.1. The molecule has 3 aromatic carbocycles. The second-order valence-electron chi connectivity index (χ2n) is 6.51. The molecule has 0 fully saturated rings. The second kappa shape index (κ2) is 7.54. The van der Waals surface area contributed by atoms with E-state index in [0.717, 1.165) is 29.2 Å². The maximum atomic E-state index is 12.8. The minimum Gasteiger partial charge on any atom is -0.268 e. The Kier molecular flexibility index (Phi) is 5.14. The molecule has 0 aliphatic carbocycles. The number of sulfone groups is 1. The van der Waals surface area contributed by atoms with E-state index in [-0.39, 0.29) is 43.3 Å². The highest BCUT2D eigenvalue weighted by Gasteiger charge is 2.36. The fourth-order valence-corrected chi connectivity index (χ4v) is 4.96. The summed E-state index contributed by atoms with van der Waals surface area (Å²) in [5.74, 6) is -1.01. The summed E-state index contributed by atoms with van der Waals surface area (Å²) in [6.07, 6.45) is 0. The van der Waals surface area contributed by atoms with E-state index < -0.39 is 27.2 Å². The van der Waals surface area contributed by atoms with Gasteiger partial charge in [-0.1, -0.05) is 12.1 Å². The number of anilines is 1. The van der Waals surface area contributed by atoms with Crippen LogP contribution in [-0.4, -0.2) is 25.7 Å². The number of halogens is 3. The summed E-state index contributed by atoms with van der Waals surface area (Å²) in [6, 6.07) is 15.9. The van der Waals surface area contributed by atoms with E-state index in [2.05, 4.69) is 0 Å². The lowest BCUT2D eigenvalue weighted by Gasteiger charge is -2.14. The summed E-state index contributed by atoms with van der Waals surface area (Å²) in [7, 11) is -4.00. The van der Waals surface area contributed by atoms with Crippen molar-refractivity contribution in [1.82, 2.24) is 0 Å². The second-order valence-corrected chi connectivity index (χ2v) is 9.60. The predicted molar refractivity (Wildman–Crippen MR) is 108 cm³/mol. The third-order valence-corrected chi connectivity index (χ3v) is 7.09. The number of imide groups is 1. The quantitative estimate of drug-likeness (QED) is 0.405. The molecule has 1 aliphatic rings. The van der Waals surface area contributed by atoms with Gasteiger partial charge in [0.1, 0.15) is 0 Å². The first-order valence-electron chi connectivity index (χ1n) is 8.77. The molecule has 0 aromatic heterocycles. The van der Waals surface area contributed by atoms with Crippen LogP contribution in [0.25, 0.3) is 0 Å². The van der Waals surface area contributed by atoms with Gasteiger partial charge in [-0.25, -0.2) is 13.3 Å². The molecule has 0 saturated heterocycles. The van der Waals surface area contributed by atoms with Crippen molar-refractivity contribution in [2.45, 2.75) is 20.2 Å². The standard InChI is InChI=1S/C21H12F3NO4S2/c22-21(23,24)30-14-7-11-16(12-8-14)31(28,29)15-9-5-13(6-10-15)25-19(26)17-3-1-2-4-18(17)20(25)27/h1-12H. The Labute approximate surface area is 179 Å². The zero-order valence-electron chi connectivity index (χ0n) is 15.5. The van der Waals surface area contributed by atoms with Gasteiger partial charge in [0.25, 0.3) is 11.8 Å². The van der Waals surface area contributed by atoms with E-state index in [1.54, 1.807) is 12.1 Å². The van der Waals surface area contributed by atoms with E-state index in [1.165, 1.54) is 36.4 Å². The van der Waals surface area contributed by atoms with Crippen molar-refractivity contribution in [1.29, 1.82) is 0 Å². The summed E-state index contributed by atoms with van der Waals surface area (Å²) in [4.78, 5) is 25.6. The zero-order valence-corrected chi connectivity index (χ0v) is 17.1. The number of amides is 2. The van der Waals surface area contributed by atoms with Crippen LogP contribution in [0.1, 0.15) is 20.7 Å². The number of nitrogens with zero attached hydrogens (tertiary/aromatic N) is 1. The van der Waals surface area contributed by atoms with Crippen LogP contribution in [0.2, 0.25) is 0 Å². The fraction of sp³-hybridized carbons (Fsp3) is 0.0476. The van der Waals surface area contributed by atoms with Crippen LogP contribution in [0.15, 0.2) is 87.5 Å². The minimum absolute atomic E-state index is 0.121. The molecule has 10 heteroatoms. The number of fused-ring (bicyclic) bond motifs is 1. The molecule has 1 heterocycles. The number of thioether (sulfide) groups is 1. The Morgan fingerprint density at radius 1 is 0.710 bits per heavy atom. The molecule has 0 atom stereocenters. The van der Waals surface area contributed by atoms with Crippen LogP contribution >= 0.6 is 11.8 Å². The van der Waals surface area contributed by atoms with Gasteiger partial charge < -0.3 is 0 Å². The topological polar surface area (TPSA) is 71.5 Å². The molecular weight excluding hydrogens is 451 g/mol. The van der Waals surface area contributed by atoms with Crippen LogP contribution in [0.4, 0.5) is 18.9 Å². The Bertz CT molecular complexity index is 1250. The molecule has 0 spiro atoms. The molecule has 0 N–H and O–H groups in total. The van der Waals surface area contributed by atoms with Crippen molar-refractivity contribution in [3.8, 4) is 0 Å². The summed E-state index contributed by atoms with van der Waals surface area (Å²) in [6.45, 7) is 0. The SMILES string of the molecule is O=C1c2ccccc2C(=O)N1c1ccc(S(=O)(=O)c2ccc(SC(F)(F)F)cc2)cc1. The smallest absolute Gasteiger partial charge is 0.268 e. The van der Waals surface area contributed by atoms with E-state index in [1.807, 2.05) is 0 Å². The molecule has 0 radical (unpaired) electrons. The Hall–Kier alpha value is -3.11. The number of carbonyl (C=O) groups excluding carboxylic acids is 2. The number of hydrogen-bond donors (Lipinski definition) is 0. The van der Waals surface area contributed by atoms with Gasteiger partial charge in [0, 0.05) is 4.90 Å². The van der Waals surface area contributed by atoms with Crippen molar-refractivity contribution < 1.29 is 31.2 Å². The molecule has 0 saturated carbocycles. The molecule has 0 unspecified atom stereocenters. The van der Waals surface area contributed by atoms with Crippen molar-refractivity contribution >= 4 is 39.1 Å². The Morgan fingerprint density at radius 3 is 1.61 bits per heavy atom. The van der Waals surface area contributed by atoms with Gasteiger partial charge in [0.15, 0.2) is 0 Å². The number of carbonyl (C=O) groups is 2. The summed E-state index contributed by atoms with van der Waals surface area (Å²) in [5.41, 5.74) is -3.73. The lowest BCUT2D eigenvalue weighted by atomic mass is 10.1. The summed E-state index contributed by atoms with van der Waals surface area (Å²) < 4.78 is 62.9. The Morgan fingerprint density at radius 2 is 1.16 bits per heavy atom. The molecule has 158 valence electrons.